The van der Waals surface area contributed by atoms with Crippen LogP contribution >= 0.6 is 0 Å². The van der Waals surface area contributed by atoms with Gasteiger partial charge in [0.25, 0.3) is 0 Å². The first kappa shape index (κ1) is 11.2. The van der Waals surface area contributed by atoms with Crippen molar-refractivity contribution in [1.29, 1.82) is 0 Å². The summed E-state index contributed by atoms with van der Waals surface area (Å²) in [6.45, 7) is 2.01. The van der Waals surface area contributed by atoms with Crippen LogP contribution in [-0.4, -0.2) is 34.1 Å². The fraction of sp³-hybridized carbons (Fsp3) is 0.385. The van der Waals surface area contributed by atoms with Gasteiger partial charge in [0.1, 0.15) is 0 Å². The third kappa shape index (κ3) is 2.51. The number of rotatable bonds is 4. The molecule has 1 unspecified atom stereocenters. The van der Waals surface area contributed by atoms with Gasteiger partial charge in [-0.2, -0.15) is 0 Å². The van der Waals surface area contributed by atoms with Crippen molar-refractivity contribution in [2.45, 2.75) is 18.9 Å². The molecule has 1 fully saturated rings. The number of hydrogen-bond donors (Lipinski definition) is 3. The minimum Gasteiger partial charge on any atom is -0.361 e. The van der Waals surface area contributed by atoms with Crippen LogP contribution in [0.5, 0.6) is 0 Å². The van der Waals surface area contributed by atoms with Crippen molar-refractivity contribution in [3.8, 4) is 11.3 Å². The van der Waals surface area contributed by atoms with E-state index in [4.69, 9.17) is 0 Å². The SMILES string of the molecule is c1c[nH]c(-c2cnc(NCC3CCCN3)nc2)c1. The number of nitrogens with one attached hydrogen (secondary N) is 3. The molecule has 5 nitrogen and oxygen atoms in total. The molecule has 1 aliphatic rings. The summed E-state index contributed by atoms with van der Waals surface area (Å²) in [5.74, 6) is 0.694. The van der Waals surface area contributed by atoms with Crippen LogP contribution in [0.2, 0.25) is 0 Å². The monoisotopic (exact) mass is 243 g/mol. The van der Waals surface area contributed by atoms with Crippen molar-refractivity contribution in [3.63, 3.8) is 0 Å². The Labute approximate surface area is 106 Å². The Kier molecular flexibility index (Phi) is 3.23. The largest absolute Gasteiger partial charge is 0.361 e. The summed E-state index contributed by atoms with van der Waals surface area (Å²) in [4.78, 5) is 11.8. The second-order valence-corrected chi connectivity index (χ2v) is 4.55. The van der Waals surface area contributed by atoms with Crippen LogP contribution in [0.4, 0.5) is 5.95 Å². The van der Waals surface area contributed by atoms with Gasteiger partial charge in [-0.25, -0.2) is 9.97 Å². The highest BCUT2D eigenvalue weighted by Crippen LogP contribution is 2.15. The van der Waals surface area contributed by atoms with Gasteiger partial charge in [-0.05, 0) is 31.5 Å². The lowest BCUT2D eigenvalue weighted by atomic mass is 10.2. The van der Waals surface area contributed by atoms with E-state index < -0.39 is 0 Å². The molecule has 0 radical (unpaired) electrons. The standard InChI is InChI=1S/C13H17N5/c1-3-11(14-5-1)9-18-13-16-7-10(8-17-13)12-4-2-6-15-12/h2,4,6-8,11,14-15H,1,3,5,9H2,(H,16,17,18). The Bertz CT molecular complexity index is 471. The first-order valence-electron chi connectivity index (χ1n) is 6.35. The molecule has 0 bridgehead atoms. The van der Waals surface area contributed by atoms with Gasteiger partial charge < -0.3 is 15.6 Å². The molecule has 5 heteroatoms. The molecule has 1 atom stereocenters. The van der Waals surface area contributed by atoms with Crippen molar-refractivity contribution in [3.05, 3.63) is 30.7 Å². The molecule has 3 N–H and O–H groups in total. The van der Waals surface area contributed by atoms with Gasteiger partial charge in [-0.3, -0.25) is 0 Å². The summed E-state index contributed by atoms with van der Waals surface area (Å²) in [5, 5.41) is 6.70. The van der Waals surface area contributed by atoms with Crippen LogP contribution in [-0.2, 0) is 0 Å². The molecule has 2 aromatic rings. The van der Waals surface area contributed by atoms with Crippen molar-refractivity contribution < 1.29 is 0 Å². The summed E-state index contributed by atoms with van der Waals surface area (Å²) < 4.78 is 0. The maximum Gasteiger partial charge on any atom is 0.222 e. The molecule has 0 saturated carbocycles. The summed E-state index contributed by atoms with van der Waals surface area (Å²) in [6, 6.07) is 4.53. The summed E-state index contributed by atoms with van der Waals surface area (Å²) in [5.41, 5.74) is 2.04. The molecule has 18 heavy (non-hydrogen) atoms. The van der Waals surface area contributed by atoms with Crippen molar-refractivity contribution in [1.82, 2.24) is 20.3 Å². The minimum absolute atomic E-state index is 0.552. The zero-order valence-electron chi connectivity index (χ0n) is 10.2. The van der Waals surface area contributed by atoms with Gasteiger partial charge >= 0.3 is 0 Å². The topological polar surface area (TPSA) is 65.6 Å². The van der Waals surface area contributed by atoms with Gasteiger partial charge in [-0.15, -0.1) is 0 Å². The second-order valence-electron chi connectivity index (χ2n) is 4.55. The molecule has 0 aliphatic carbocycles. The molecule has 0 aromatic carbocycles. The highest BCUT2D eigenvalue weighted by Gasteiger charge is 2.13. The molecular weight excluding hydrogens is 226 g/mol. The predicted octanol–water partition coefficient (Wildman–Crippen LogP) is 1.64. The molecule has 94 valence electrons. The van der Waals surface area contributed by atoms with Crippen LogP contribution in [0.25, 0.3) is 11.3 Å². The second kappa shape index (κ2) is 5.18. The van der Waals surface area contributed by atoms with Crippen LogP contribution < -0.4 is 10.6 Å². The molecule has 3 heterocycles. The van der Waals surface area contributed by atoms with E-state index in [2.05, 4.69) is 25.6 Å². The quantitative estimate of drug-likeness (QED) is 0.763. The molecular formula is C13H17N5. The van der Waals surface area contributed by atoms with E-state index in [0.717, 1.165) is 24.3 Å². The highest BCUT2D eigenvalue weighted by molar-refractivity contribution is 5.57. The number of aromatic nitrogens is 3. The Morgan fingerprint density at radius 3 is 2.89 bits per heavy atom. The van der Waals surface area contributed by atoms with Crippen LogP contribution in [0.3, 0.4) is 0 Å². The van der Waals surface area contributed by atoms with E-state index in [9.17, 15) is 0 Å². The Balaban J connectivity index is 1.60. The first-order chi connectivity index (χ1) is 8.92. The summed E-state index contributed by atoms with van der Waals surface area (Å²) in [7, 11) is 0. The number of aromatic amines is 1. The lowest BCUT2D eigenvalue weighted by molar-refractivity contribution is 0.631. The summed E-state index contributed by atoms with van der Waals surface area (Å²) in [6.07, 6.45) is 8.06. The van der Waals surface area contributed by atoms with Crippen LogP contribution in [0.15, 0.2) is 30.7 Å². The highest BCUT2D eigenvalue weighted by atomic mass is 15.1. The molecule has 1 saturated heterocycles. The Morgan fingerprint density at radius 2 is 2.22 bits per heavy atom. The zero-order valence-corrected chi connectivity index (χ0v) is 10.2. The number of nitrogens with zero attached hydrogens (tertiary/aromatic N) is 2. The average Bonchev–Trinajstić information content (AvgIpc) is 3.10. The van der Waals surface area contributed by atoms with Crippen LogP contribution in [0.1, 0.15) is 12.8 Å². The smallest absolute Gasteiger partial charge is 0.222 e. The maximum absolute atomic E-state index is 4.33. The zero-order chi connectivity index (χ0) is 12.2. The Hall–Kier alpha value is -1.88. The predicted molar refractivity (Wildman–Crippen MR) is 71.3 cm³/mol. The molecule has 3 rings (SSSR count). The molecule has 2 aromatic heterocycles. The van der Waals surface area contributed by atoms with Gasteiger partial charge in [0.2, 0.25) is 5.95 Å². The maximum atomic E-state index is 4.33. The van der Waals surface area contributed by atoms with Gasteiger partial charge in [0.05, 0.1) is 0 Å². The lowest BCUT2D eigenvalue weighted by Gasteiger charge is -2.11. The van der Waals surface area contributed by atoms with Crippen molar-refractivity contribution in [2.75, 3.05) is 18.4 Å². The average molecular weight is 243 g/mol. The number of anilines is 1. The van der Waals surface area contributed by atoms with Crippen molar-refractivity contribution in [2.24, 2.45) is 0 Å². The van der Waals surface area contributed by atoms with Crippen LogP contribution in [0, 0.1) is 0 Å². The van der Waals surface area contributed by atoms with E-state index in [0.29, 0.717) is 12.0 Å². The van der Waals surface area contributed by atoms with E-state index in [1.54, 1.807) is 0 Å². The van der Waals surface area contributed by atoms with Gasteiger partial charge in [0, 0.05) is 42.4 Å². The van der Waals surface area contributed by atoms with E-state index in [1.807, 2.05) is 30.7 Å². The van der Waals surface area contributed by atoms with Gasteiger partial charge in [-0.1, -0.05) is 0 Å². The molecule has 0 spiro atoms. The van der Waals surface area contributed by atoms with Gasteiger partial charge in [0.15, 0.2) is 0 Å². The Morgan fingerprint density at radius 1 is 1.33 bits per heavy atom. The normalized spacial score (nSPS) is 19.0. The molecule has 0 amide bonds. The molecule has 1 aliphatic heterocycles. The fourth-order valence-electron chi connectivity index (χ4n) is 2.21. The van der Waals surface area contributed by atoms with E-state index in [1.165, 1.54) is 12.8 Å². The van der Waals surface area contributed by atoms with E-state index >= 15 is 0 Å². The van der Waals surface area contributed by atoms with E-state index in [-0.39, 0.29) is 0 Å². The lowest BCUT2D eigenvalue weighted by Crippen LogP contribution is -2.29. The third-order valence-corrected chi connectivity index (χ3v) is 3.23. The third-order valence-electron chi connectivity index (χ3n) is 3.23. The summed E-state index contributed by atoms with van der Waals surface area (Å²) >= 11 is 0. The minimum atomic E-state index is 0.552. The fourth-order valence-corrected chi connectivity index (χ4v) is 2.21. The number of hydrogen-bond acceptors (Lipinski definition) is 4. The number of H-pyrrole nitrogens is 1. The first-order valence-corrected chi connectivity index (χ1v) is 6.35. The van der Waals surface area contributed by atoms with Crippen molar-refractivity contribution >= 4 is 5.95 Å².